The van der Waals surface area contributed by atoms with Crippen molar-refractivity contribution in [1.82, 2.24) is 14.5 Å². The Morgan fingerprint density at radius 2 is 2.07 bits per heavy atom. The molecule has 0 bridgehead atoms. The fourth-order valence-corrected chi connectivity index (χ4v) is 3.51. The Labute approximate surface area is 159 Å². The number of benzene rings is 1. The van der Waals surface area contributed by atoms with E-state index in [1.165, 1.54) is 0 Å². The van der Waals surface area contributed by atoms with Crippen LogP contribution in [0.2, 0.25) is 0 Å². The average molecular weight is 371 g/mol. The summed E-state index contributed by atoms with van der Waals surface area (Å²) in [6, 6.07) is 5.67. The smallest absolute Gasteiger partial charge is 0.224 e. The van der Waals surface area contributed by atoms with Crippen LogP contribution in [0.5, 0.6) is 0 Å². The van der Waals surface area contributed by atoms with Crippen LogP contribution >= 0.6 is 0 Å². The summed E-state index contributed by atoms with van der Waals surface area (Å²) in [5.41, 5.74) is 8.46. The van der Waals surface area contributed by atoms with Gasteiger partial charge in [0.15, 0.2) is 0 Å². The molecule has 27 heavy (non-hydrogen) atoms. The van der Waals surface area contributed by atoms with E-state index in [9.17, 15) is 9.59 Å². The van der Waals surface area contributed by atoms with Gasteiger partial charge >= 0.3 is 0 Å². The molecule has 1 saturated heterocycles. The molecule has 0 unspecified atom stereocenters. The maximum Gasteiger partial charge on any atom is 0.224 e. The Morgan fingerprint density at radius 1 is 1.30 bits per heavy atom. The number of aromatic nitrogens is 2. The van der Waals surface area contributed by atoms with Crippen molar-refractivity contribution >= 4 is 34.5 Å². The zero-order chi connectivity index (χ0) is 19.6. The minimum atomic E-state index is -0.0586. The molecule has 3 N–H and O–H groups in total. The van der Waals surface area contributed by atoms with Crippen LogP contribution in [0.15, 0.2) is 18.2 Å². The molecule has 146 valence electrons. The summed E-state index contributed by atoms with van der Waals surface area (Å²) in [5, 5.41) is 2.93. The zero-order valence-electron chi connectivity index (χ0n) is 16.4. The quantitative estimate of drug-likeness (QED) is 0.816. The Hall–Kier alpha value is -2.57. The van der Waals surface area contributed by atoms with E-state index in [0.29, 0.717) is 25.3 Å². The van der Waals surface area contributed by atoms with E-state index in [1.54, 1.807) is 0 Å². The van der Waals surface area contributed by atoms with Crippen molar-refractivity contribution in [1.29, 1.82) is 0 Å². The third kappa shape index (κ3) is 4.78. The van der Waals surface area contributed by atoms with Crippen LogP contribution in [0, 0.1) is 5.41 Å². The molecule has 1 aliphatic rings. The standard InChI is InChI=1S/C20H29N5O2/c1-20(2,3)13-17(26)22-14-7-8-16-15(12-14)23-19(21)25(16)11-5-10-24-9-4-6-18(24)27/h7-8,12H,4-6,9-11,13H2,1-3H3,(H2,21,23)(H,22,26). The highest BCUT2D eigenvalue weighted by atomic mass is 16.2. The van der Waals surface area contributed by atoms with Crippen LogP contribution in [-0.4, -0.2) is 39.4 Å². The Kier molecular flexibility index (Phi) is 5.39. The zero-order valence-corrected chi connectivity index (χ0v) is 16.4. The van der Waals surface area contributed by atoms with Crippen LogP contribution < -0.4 is 11.1 Å². The summed E-state index contributed by atoms with van der Waals surface area (Å²) in [5.74, 6) is 0.689. The van der Waals surface area contributed by atoms with Gasteiger partial charge < -0.3 is 20.5 Å². The normalized spacial score (nSPS) is 14.9. The monoisotopic (exact) mass is 371 g/mol. The number of nitrogens with zero attached hydrogens (tertiary/aromatic N) is 3. The van der Waals surface area contributed by atoms with Crippen LogP contribution in [0.25, 0.3) is 11.0 Å². The predicted octanol–water partition coefficient (Wildman–Crippen LogP) is 3.01. The Bertz CT molecular complexity index is 850. The summed E-state index contributed by atoms with van der Waals surface area (Å²) in [7, 11) is 0. The molecule has 1 aromatic heterocycles. The topological polar surface area (TPSA) is 93.2 Å². The SMILES string of the molecule is CC(C)(C)CC(=O)Nc1ccc2c(c1)nc(N)n2CCCN1CCCC1=O. The van der Waals surface area contributed by atoms with Gasteiger partial charge in [-0.15, -0.1) is 0 Å². The lowest BCUT2D eigenvalue weighted by molar-refractivity contribution is -0.127. The number of hydrogen-bond acceptors (Lipinski definition) is 4. The largest absolute Gasteiger partial charge is 0.369 e. The number of imidazole rings is 1. The van der Waals surface area contributed by atoms with Gasteiger partial charge in [-0.3, -0.25) is 9.59 Å². The van der Waals surface area contributed by atoms with Crippen molar-refractivity contribution < 1.29 is 9.59 Å². The number of nitrogen functional groups attached to an aromatic ring is 1. The molecule has 1 aliphatic heterocycles. The first kappa shape index (κ1) is 19.2. The highest BCUT2D eigenvalue weighted by Crippen LogP contribution is 2.24. The maximum atomic E-state index is 12.1. The first-order valence-electron chi connectivity index (χ1n) is 9.56. The van der Waals surface area contributed by atoms with Gasteiger partial charge in [0.2, 0.25) is 17.8 Å². The van der Waals surface area contributed by atoms with Gasteiger partial charge in [-0.2, -0.15) is 0 Å². The van der Waals surface area contributed by atoms with Gasteiger partial charge in [0, 0.05) is 38.2 Å². The van der Waals surface area contributed by atoms with E-state index in [2.05, 4.69) is 10.3 Å². The van der Waals surface area contributed by atoms with Crippen molar-refractivity contribution in [3.8, 4) is 0 Å². The molecule has 0 saturated carbocycles. The van der Waals surface area contributed by atoms with E-state index in [1.807, 2.05) is 48.4 Å². The minimum Gasteiger partial charge on any atom is -0.369 e. The van der Waals surface area contributed by atoms with Crippen molar-refractivity contribution in [2.75, 3.05) is 24.1 Å². The molecule has 2 heterocycles. The van der Waals surface area contributed by atoms with Crippen molar-refractivity contribution in [3.63, 3.8) is 0 Å². The van der Waals surface area contributed by atoms with Crippen LogP contribution in [-0.2, 0) is 16.1 Å². The lowest BCUT2D eigenvalue weighted by Gasteiger charge is -2.17. The van der Waals surface area contributed by atoms with Crippen molar-refractivity contribution in [2.45, 2.75) is 53.0 Å². The lowest BCUT2D eigenvalue weighted by atomic mass is 9.92. The highest BCUT2D eigenvalue weighted by molar-refractivity contribution is 5.93. The third-order valence-corrected chi connectivity index (χ3v) is 4.73. The molecular formula is C20H29N5O2. The third-order valence-electron chi connectivity index (χ3n) is 4.73. The first-order chi connectivity index (χ1) is 12.7. The van der Waals surface area contributed by atoms with Crippen molar-refractivity contribution in [3.05, 3.63) is 18.2 Å². The maximum absolute atomic E-state index is 12.1. The summed E-state index contributed by atoms with van der Waals surface area (Å²) in [4.78, 5) is 30.2. The number of nitrogens with two attached hydrogens (primary N) is 1. The fourth-order valence-electron chi connectivity index (χ4n) is 3.51. The molecule has 2 aromatic rings. The van der Waals surface area contributed by atoms with Gasteiger partial charge in [0.25, 0.3) is 0 Å². The van der Waals surface area contributed by atoms with E-state index in [4.69, 9.17) is 5.73 Å². The molecule has 7 nitrogen and oxygen atoms in total. The lowest BCUT2D eigenvalue weighted by Crippen LogP contribution is -2.26. The Morgan fingerprint density at radius 3 is 2.74 bits per heavy atom. The number of carbonyl (C=O) groups excluding carboxylic acids is 2. The second kappa shape index (κ2) is 7.58. The van der Waals surface area contributed by atoms with Gasteiger partial charge in [-0.25, -0.2) is 4.98 Å². The number of likely N-dealkylation sites (tertiary alicyclic amines) is 1. The predicted molar refractivity (Wildman–Crippen MR) is 107 cm³/mol. The molecule has 0 atom stereocenters. The van der Waals surface area contributed by atoms with Gasteiger partial charge in [0.1, 0.15) is 0 Å². The molecule has 2 amide bonds. The summed E-state index contributed by atoms with van der Waals surface area (Å²) in [6.45, 7) is 8.42. The Balaban J connectivity index is 1.66. The van der Waals surface area contributed by atoms with E-state index in [-0.39, 0.29) is 17.2 Å². The number of rotatable bonds is 6. The molecule has 0 radical (unpaired) electrons. The molecule has 1 fully saturated rings. The molecule has 0 aliphatic carbocycles. The van der Waals surface area contributed by atoms with Gasteiger partial charge in [0.05, 0.1) is 11.0 Å². The number of hydrogen-bond donors (Lipinski definition) is 2. The number of anilines is 2. The van der Waals surface area contributed by atoms with Crippen LogP contribution in [0.4, 0.5) is 11.6 Å². The summed E-state index contributed by atoms with van der Waals surface area (Å²) < 4.78 is 1.97. The number of nitrogens with one attached hydrogen (secondary N) is 1. The first-order valence-corrected chi connectivity index (χ1v) is 9.56. The highest BCUT2D eigenvalue weighted by Gasteiger charge is 2.20. The van der Waals surface area contributed by atoms with Crippen molar-refractivity contribution in [2.24, 2.45) is 5.41 Å². The molecule has 0 spiro atoms. The summed E-state index contributed by atoms with van der Waals surface area (Å²) in [6.07, 6.45) is 2.92. The van der Waals surface area contributed by atoms with E-state index >= 15 is 0 Å². The van der Waals surface area contributed by atoms with E-state index in [0.717, 1.165) is 42.7 Å². The van der Waals surface area contributed by atoms with Crippen LogP contribution in [0.3, 0.4) is 0 Å². The fraction of sp³-hybridized carbons (Fsp3) is 0.550. The number of carbonyl (C=O) groups is 2. The van der Waals surface area contributed by atoms with Gasteiger partial charge in [-0.05, 0) is 36.5 Å². The molecule has 1 aromatic carbocycles. The van der Waals surface area contributed by atoms with Gasteiger partial charge in [-0.1, -0.05) is 20.8 Å². The second-order valence-electron chi connectivity index (χ2n) is 8.45. The van der Waals surface area contributed by atoms with Crippen LogP contribution in [0.1, 0.15) is 46.5 Å². The second-order valence-corrected chi connectivity index (χ2v) is 8.45. The summed E-state index contributed by atoms with van der Waals surface area (Å²) >= 11 is 0. The van der Waals surface area contributed by atoms with E-state index < -0.39 is 0 Å². The molecule has 7 heteroatoms. The minimum absolute atomic E-state index is 0.00969. The molecular weight excluding hydrogens is 342 g/mol. The number of aryl methyl sites for hydroxylation is 1. The molecule has 3 rings (SSSR count). The average Bonchev–Trinajstić information content (AvgIpc) is 3.09. The number of amides is 2. The number of fused-ring (bicyclic) bond motifs is 1.